The van der Waals surface area contributed by atoms with Crippen molar-refractivity contribution in [3.8, 4) is 0 Å². The summed E-state index contributed by atoms with van der Waals surface area (Å²) in [7, 11) is 2.03. The highest BCUT2D eigenvalue weighted by Crippen LogP contribution is 2.33. The molecule has 0 amide bonds. The number of nitrogens with one attached hydrogen (secondary N) is 1. The molecule has 1 saturated carbocycles. The minimum atomic E-state index is 0.335. The van der Waals surface area contributed by atoms with Crippen LogP contribution in [0.15, 0.2) is 0 Å². The number of hydrogen-bond acceptors (Lipinski definition) is 3. The van der Waals surface area contributed by atoms with Gasteiger partial charge in [0.2, 0.25) is 0 Å². The molecule has 88 valence electrons. The van der Waals surface area contributed by atoms with Gasteiger partial charge in [-0.1, -0.05) is 0 Å². The van der Waals surface area contributed by atoms with Crippen molar-refractivity contribution in [2.24, 2.45) is 11.3 Å². The smallest absolute Gasteiger partial charge is 0.0536 e. The molecule has 0 aromatic heterocycles. The van der Waals surface area contributed by atoms with Crippen molar-refractivity contribution in [2.45, 2.75) is 25.7 Å². The molecule has 2 fully saturated rings. The van der Waals surface area contributed by atoms with Crippen molar-refractivity contribution in [3.63, 3.8) is 0 Å². The fourth-order valence-electron chi connectivity index (χ4n) is 2.28. The molecule has 15 heavy (non-hydrogen) atoms. The van der Waals surface area contributed by atoms with Crippen molar-refractivity contribution in [2.75, 3.05) is 40.0 Å². The van der Waals surface area contributed by atoms with E-state index >= 15 is 0 Å². The summed E-state index contributed by atoms with van der Waals surface area (Å²) >= 11 is 0. The topological polar surface area (TPSA) is 30.5 Å². The molecule has 0 radical (unpaired) electrons. The summed E-state index contributed by atoms with van der Waals surface area (Å²) in [5, 5.41) is 3.30. The maximum atomic E-state index is 5.86. The number of ether oxygens (including phenoxy) is 2. The first kappa shape index (κ1) is 11.4. The molecule has 0 spiro atoms. The van der Waals surface area contributed by atoms with E-state index in [1.807, 2.05) is 7.05 Å². The Morgan fingerprint density at radius 3 is 2.67 bits per heavy atom. The SMILES string of the molecule is CNCC1(COCC2CC2)CCOCC1. The molecule has 0 atom stereocenters. The fourth-order valence-corrected chi connectivity index (χ4v) is 2.28. The van der Waals surface area contributed by atoms with Gasteiger partial charge in [-0.15, -0.1) is 0 Å². The van der Waals surface area contributed by atoms with Crippen LogP contribution < -0.4 is 5.32 Å². The van der Waals surface area contributed by atoms with Gasteiger partial charge in [-0.25, -0.2) is 0 Å². The molecule has 0 aromatic rings. The van der Waals surface area contributed by atoms with Crippen LogP contribution in [0.4, 0.5) is 0 Å². The van der Waals surface area contributed by atoms with E-state index in [2.05, 4.69) is 5.32 Å². The molecule has 0 unspecified atom stereocenters. The maximum Gasteiger partial charge on any atom is 0.0536 e. The average Bonchev–Trinajstić information content (AvgIpc) is 3.04. The van der Waals surface area contributed by atoms with Gasteiger partial charge in [0, 0.05) is 31.8 Å². The molecule has 1 N–H and O–H groups in total. The van der Waals surface area contributed by atoms with Crippen molar-refractivity contribution < 1.29 is 9.47 Å². The molecular weight excluding hydrogens is 190 g/mol. The van der Waals surface area contributed by atoms with Gasteiger partial charge in [0.1, 0.15) is 0 Å². The summed E-state index contributed by atoms with van der Waals surface area (Å²) in [5.74, 6) is 0.872. The molecule has 2 rings (SSSR count). The zero-order valence-electron chi connectivity index (χ0n) is 9.76. The van der Waals surface area contributed by atoms with E-state index in [9.17, 15) is 0 Å². The van der Waals surface area contributed by atoms with Gasteiger partial charge in [0.25, 0.3) is 0 Å². The Labute approximate surface area is 92.5 Å². The first-order chi connectivity index (χ1) is 7.35. The molecule has 1 heterocycles. The summed E-state index contributed by atoms with van der Waals surface area (Å²) in [6.07, 6.45) is 5.03. The molecule has 0 bridgehead atoms. The molecule has 3 nitrogen and oxygen atoms in total. The molecule has 2 aliphatic rings. The van der Waals surface area contributed by atoms with Crippen LogP contribution in [0, 0.1) is 11.3 Å². The third kappa shape index (κ3) is 3.44. The summed E-state index contributed by atoms with van der Waals surface area (Å²) in [6, 6.07) is 0. The largest absolute Gasteiger partial charge is 0.381 e. The summed E-state index contributed by atoms with van der Waals surface area (Å²) in [6.45, 7) is 4.74. The van der Waals surface area contributed by atoms with E-state index in [0.717, 1.165) is 51.7 Å². The lowest BCUT2D eigenvalue weighted by Crippen LogP contribution is -2.41. The zero-order valence-corrected chi connectivity index (χ0v) is 9.76. The van der Waals surface area contributed by atoms with E-state index in [-0.39, 0.29) is 0 Å². The van der Waals surface area contributed by atoms with Gasteiger partial charge < -0.3 is 14.8 Å². The Morgan fingerprint density at radius 2 is 2.07 bits per heavy atom. The van der Waals surface area contributed by atoms with Crippen molar-refractivity contribution >= 4 is 0 Å². The van der Waals surface area contributed by atoms with Gasteiger partial charge in [-0.05, 0) is 38.6 Å². The fraction of sp³-hybridized carbons (Fsp3) is 1.00. The lowest BCUT2D eigenvalue weighted by atomic mass is 9.81. The summed E-state index contributed by atoms with van der Waals surface area (Å²) < 4.78 is 11.3. The lowest BCUT2D eigenvalue weighted by Gasteiger charge is -2.36. The Morgan fingerprint density at radius 1 is 1.33 bits per heavy atom. The predicted molar refractivity (Wildman–Crippen MR) is 60.0 cm³/mol. The minimum absolute atomic E-state index is 0.335. The number of rotatable bonds is 6. The van der Waals surface area contributed by atoms with Gasteiger partial charge in [0.15, 0.2) is 0 Å². The molecule has 1 aliphatic carbocycles. The lowest BCUT2D eigenvalue weighted by molar-refractivity contribution is -0.0398. The minimum Gasteiger partial charge on any atom is -0.381 e. The van der Waals surface area contributed by atoms with E-state index < -0.39 is 0 Å². The van der Waals surface area contributed by atoms with Crippen LogP contribution in [0.25, 0.3) is 0 Å². The van der Waals surface area contributed by atoms with Gasteiger partial charge >= 0.3 is 0 Å². The highest BCUT2D eigenvalue weighted by Gasteiger charge is 2.33. The molecule has 1 aliphatic heterocycles. The molecule has 1 saturated heterocycles. The first-order valence-electron chi connectivity index (χ1n) is 6.15. The second-order valence-corrected chi connectivity index (χ2v) is 5.10. The monoisotopic (exact) mass is 213 g/mol. The van der Waals surface area contributed by atoms with Crippen molar-refractivity contribution in [3.05, 3.63) is 0 Å². The van der Waals surface area contributed by atoms with Crippen LogP contribution >= 0.6 is 0 Å². The van der Waals surface area contributed by atoms with Crippen LogP contribution in [0.3, 0.4) is 0 Å². The van der Waals surface area contributed by atoms with Crippen LogP contribution in [0.2, 0.25) is 0 Å². The van der Waals surface area contributed by atoms with E-state index in [1.54, 1.807) is 0 Å². The van der Waals surface area contributed by atoms with Gasteiger partial charge in [-0.2, -0.15) is 0 Å². The van der Waals surface area contributed by atoms with Gasteiger partial charge in [0.05, 0.1) is 6.61 Å². The standard InChI is InChI=1S/C12H23NO2/c1-13-9-12(4-6-14-7-5-12)10-15-8-11-2-3-11/h11,13H,2-10H2,1H3. The molecular formula is C12H23NO2. The van der Waals surface area contributed by atoms with Crippen LogP contribution in [-0.4, -0.2) is 40.0 Å². The van der Waals surface area contributed by atoms with E-state index in [4.69, 9.17) is 9.47 Å². The average molecular weight is 213 g/mol. The third-order valence-electron chi connectivity index (χ3n) is 3.56. The van der Waals surface area contributed by atoms with Crippen molar-refractivity contribution in [1.82, 2.24) is 5.32 Å². The quantitative estimate of drug-likeness (QED) is 0.724. The van der Waals surface area contributed by atoms with Crippen LogP contribution in [0.5, 0.6) is 0 Å². The second-order valence-electron chi connectivity index (χ2n) is 5.10. The molecule has 0 aromatic carbocycles. The highest BCUT2D eigenvalue weighted by atomic mass is 16.5. The zero-order chi connectivity index (χ0) is 10.6. The van der Waals surface area contributed by atoms with Crippen LogP contribution in [-0.2, 0) is 9.47 Å². The third-order valence-corrected chi connectivity index (χ3v) is 3.56. The Balaban J connectivity index is 1.74. The van der Waals surface area contributed by atoms with Gasteiger partial charge in [-0.3, -0.25) is 0 Å². The maximum absolute atomic E-state index is 5.86. The number of hydrogen-bond donors (Lipinski definition) is 1. The normalized spacial score (nSPS) is 25.4. The Kier molecular flexibility index (Phi) is 4.00. The second kappa shape index (κ2) is 5.28. The van der Waals surface area contributed by atoms with E-state index in [0.29, 0.717) is 5.41 Å². The summed E-state index contributed by atoms with van der Waals surface area (Å²) in [4.78, 5) is 0. The Bertz CT molecular complexity index is 181. The molecule has 3 heteroatoms. The highest BCUT2D eigenvalue weighted by molar-refractivity contribution is 4.84. The summed E-state index contributed by atoms with van der Waals surface area (Å²) in [5.41, 5.74) is 0.335. The first-order valence-corrected chi connectivity index (χ1v) is 6.15. The van der Waals surface area contributed by atoms with Crippen molar-refractivity contribution in [1.29, 1.82) is 0 Å². The van der Waals surface area contributed by atoms with E-state index in [1.165, 1.54) is 12.8 Å². The predicted octanol–water partition coefficient (Wildman–Crippen LogP) is 1.43. The van der Waals surface area contributed by atoms with Crippen LogP contribution in [0.1, 0.15) is 25.7 Å². The Hall–Kier alpha value is -0.120.